The predicted octanol–water partition coefficient (Wildman–Crippen LogP) is 5.89. The molecule has 0 radical (unpaired) electrons. The zero-order chi connectivity index (χ0) is 23.2. The van der Waals surface area contributed by atoms with Gasteiger partial charge in [-0.3, -0.25) is 4.98 Å². The van der Waals surface area contributed by atoms with Crippen LogP contribution < -0.4 is 5.32 Å². The molecular weight excluding hydrogens is 433 g/mol. The summed E-state index contributed by atoms with van der Waals surface area (Å²) < 4.78 is 41.8. The fourth-order valence-corrected chi connectivity index (χ4v) is 5.01. The molecule has 4 rings (SSSR count). The van der Waals surface area contributed by atoms with Crippen LogP contribution in [0.25, 0.3) is 5.69 Å². The van der Waals surface area contributed by atoms with Crippen molar-refractivity contribution >= 4 is 17.3 Å². The minimum atomic E-state index is -4.39. The Kier molecular flexibility index (Phi) is 5.75. The number of nitrogens with one attached hydrogen (secondary N) is 1. The molecule has 8 heteroatoms. The third-order valence-corrected chi connectivity index (χ3v) is 6.24. The molecule has 3 heterocycles. The molecule has 0 bridgehead atoms. The standard InChI is InChI=1S/C24H25F3N4S/c1-14(2)30-22(21(29-23(30)32)20-10-5-6-11-28-20)19-12-15(3)31(16(19)4)18-9-7-8-17(13-18)24(25,26)27/h5-14,21-22H,1-4H3,(H,29,32)/t21-,22-/m1/s1. The minimum Gasteiger partial charge on any atom is -0.352 e. The molecule has 1 aliphatic rings. The van der Waals surface area contributed by atoms with Gasteiger partial charge in [-0.1, -0.05) is 12.1 Å². The van der Waals surface area contributed by atoms with Crippen LogP contribution in [-0.2, 0) is 6.18 Å². The quantitative estimate of drug-likeness (QED) is 0.495. The molecule has 1 fully saturated rings. The van der Waals surface area contributed by atoms with Crippen LogP contribution in [0, 0.1) is 13.8 Å². The van der Waals surface area contributed by atoms with Gasteiger partial charge in [-0.25, -0.2) is 0 Å². The minimum absolute atomic E-state index is 0.130. The maximum atomic E-state index is 13.3. The van der Waals surface area contributed by atoms with Crippen LogP contribution in [0.3, 0.4) is 0 Å². The highest BCUT2D eigenvalue weighted by Gasteiger charge is 2.42. The van der Waals surface area contributed by atoms with Gasteiger partial charge in [0.1, 0.15) is 0 Å². The molecule has 4 nitrogen and oxygen atoms in total. The van der Waals surface area contributed by atoms with Crippen molar-refractivity contribution in [3.63, 3.8) is 0 Å². The highest BCUT2D eigenvalue weighted by atomic mass is 32.1. The SMILES string of the molecule is Cc1cc([C@@H]2[C@@H](c3ccccn3)NC(=S)N2C(C)C)c(C)n1-c1cccc(C(F)(F)F)c1. The number of thiocarbonyl (C=S) groups is 1. The average molecular weight is 459 g/mol. The molecule has 1 aliphatic heterocycles. The van der Waals surface area contributed by atoms with Crippen molar-refractivity contribution in [1.82, 2.24) is 19.8 Å². The molecule has 32 heavy (non-hydrogen) atoms. The summed E-state index contributed by atoms with van der Waals surface area (Å²) in [6.45, 7) is 8.01. The number of halogens is 3. The fourth-order valence-electron chi connectivity index (χ4n) is 4.56. The topological polar surface area (TPSA) is 33.1 Å². The molecule has 0 spiro atoms. The summed E-state index contributed by atoms with van der Waals surface area (Å²) in [5.74, 6) is 0. The van der Waals surface area contributed by atoms with E-state index in [2.05, 4.69) is 29.0 Å². The molecule has 2 aromatic heterocycles. The second-order valence-corrected chi connectivity index (χ2v) is 8.72. The van der Waals surface area contributed by atoms with Crippen LogP contribution in [0.1, 0.15) is 54.1 Å². The molecule has 1 saturated heterocycles. The lowest BCUT2D eigenvalue weighted by Crippen LogP contribution is -2.35. The smallest absolute Gasteiger partial charge is 0.352 e. The molecule has 168 valence electrons. The van der Waals surface area contributed by atoms with E-state index in [1.54, 1.807) is 12.3 Å². The van der Waals surface area contributed by atoms with Crippen molar-refractivity contribution < 1.29 is 13.2 Å². The van der Waals surface area contributed by atoms with Crippen molar-refractivity contribution in [3.05, 3.63) is 82.9 Å². The summed E-state index contributed by atoms with van der Waals surface area (Å²) in [7, 11) is 0. The maximum Gasteiger partial charge on any atom is 0.416 e. The van der Waals surface area contributed by atoms with Crippen LogP contribution in [0.2, 0.25) is 0 Å². The summed E-state index contributed by atoms with van der Waals surface area (Å²) in [4.78, 5) is 6.69. The second kappa shape index (κ2) is 8.24. The zero-order valence-corrected chi connectivity index (χ0v) is 19.1. The Labute approximate surface area is 191 Å². The number of hydrogen-bond acceptors (Lipinski definition) is 2. The van der Waals surface area contributed by atoms with Crippen molar-refractivity contribution in [1.29, 1.82) is 0 Å². The number of aryl methyl sites for hydroxylation is 1. The lowest BCUT2D eigenvalue weighted by atomic mass is 9.96. The second-order valence-electron chi connectivity index (χ2n) is 8.34. The van der Waals surface area contributed by atoms with E-state index in [0.717, 1.165) is 28.7 Å². The van der Waals surface area contributed by atoms with Gasteiger partial charge in [0.15, 0.2) is 5.11 Å². The van der Waals surface area contributed by atoms with Crippen LogP contribution in [0.5, 0.6) is 0 Å². The first-order valence-electron chi connectivity index (χ1n) is 10.5. The molecule has 0 unspecified atom stereocenters. The Morgan fingerprint density at radius 3 is 2.44 bits per heavy atom. The number of aromatic nitrogens is 2. The van der Waals surface area contributed by atoms with Gasteiger partial charge in [0, 0.05) is 29.3 Å². The molecule has 0 aliphatic carbocycles. The monoisotopic (exact) mass is 458 g/mol. The lowest BCUT2D eigenvalue weighted by Gasteiger charge is -2.31. The molecule has 1 N–H and O–H groups in total. The number of hydrogen-bond donors (Lipinski definition) is 1. The van der Waals surface area contributed by atoms with Crippen LogP contribution >= 0.6 is 12.2 Å². The molecular formula is C24H25F3N4S. The highest BCUT2D eigenvalue weighted by molar-refractivity contribution is 7.80. The first kappa shape index (κ1) is 22.3. The number of nitrogens with zero attached hydrogens (tertiary/aromatic N) is 3. The van der Waals surface area contributed by atoms with E-state index in [4.69, 9.17) is 12.2 Å². The van der Waals surface area contributed by atoms with Crippen LogP contribution in [-0.4, -0.2) is 25.6 Å². The van der Waals surface area contributed by atoms with E-state index in [9.17, 15) is 13.2 Å². The Bertz CT molecular complexity index is 1140. The van der Waals surface area contributed by atoms with Gasteiger partial charge in [-0.05, 0) is 81.9 Å². The largest absolute Gasteiger partial charge is 0.416 e. The fraction of sp³-hybridized carbons (Fsp3) is 0.333. The number of alkyl halides is 3. The number of benzene rings is 1. The van der Waals surface area contributed by atoms with Crippen molar-refractivity contribution in [2.45, 2.75) is 52.0 Å². The Morgan fingerprint density at radius 1 is 1.06 bits per heavy atom. The molecule has 1 aromatic carbocycles. The van der Waals surface area contributed by atoms with Gasteiger partial charge in [-0.15, -0.1) is 0 Å². The normalized spacial score (nSPS) is 19.0. The van der Waals surface area contributed by atoms with Gasteiger partial charge in [0.05, 0.1) is 23.3 Å². The van der Waals surface area contributed by atoms with Crippen molar-refractivity contribution in [3.8, 4) is 5.69 Å². The first-order valence-corrected chi connectivity index (χ1v) is 10.9. The van der Waals surface area contributed by atoms with E-state index >= 15 is 0 Å². The van der Waals surface area contributed by atoms with E-state index in [1.807, 2.05) is 42.7 Å². The van der Waals surface area contributed by atoms with E-state index in [1.165, 1.54) is 12.1 Å². The molecule has 2 atom stereocenters. The van der Waals surface area contributed by atoms with Gasteiger partial charge < -0.3 is 14.8 Å². The molecule has 3 aromatic rings. The van der Waals surface area contributed by atoms with Crippen molar-refractivity contribution in [2.75, 3.05) is 0 Å². The molecule has 0 saturated carbocycles. The number of rotatable bonds is 4. The Morgan fingerprint density at radius 2 is 1.81 bits per heavy atom. The average Bonchev–Trinajstić information content (AvgIpc) is 3.23. The lowest BCUT2D eigenvalue weighted by molar-refractivity contribution is -0.137. The van der Waals surface area contributed by atoms with E-state index in [-0.39, 0.29) is 18.1 Å². The summed E-state index contributed by atoms with van der Waals surface area (Å²) >= 11 is 5.66. The van der Waals surface area contributed by atoms with Crippen molar-refractivity contribution in [2.24, 2.45) is 0 Å². The van der Waals surface area contributed by atoms with Crippen LogP contribution in [0.15, 0.2) is 54.7 Å². The highest BCUT2D eigenvalue weighted by Crippen LogP contribution is 2.42. The van der Waals surface area contributed by atoms with E-state index in [0.29, 0.717) is 10.8 Å². The zero-order valence-electron chi connectivity index (χ0n) is 18.3. The van der Waals surface area contributed by atoms with Gasteiger partial charge in [-0.2, -0.15) is 13.2 Å². The number of pyridine rings is 1. The maximum absolute atomic E-state index is 13.3. The first-order chi connectivity index (χ1) is 15.1. The van der Waals surface area contributed by atoms with E-state index < -0.39 is 11.7 Å². The van der Waals surface area contributed by atoms with Gasteiger partial charge in [0.2, 0.25) is 0 Å². The summed E-state index contributed by atoms with van der Waals surface area (Å²) in [5.41, 5.74) is 3.44. The third kappa shape index (κ3) is 3.88. The van der Waals surface area contributed by atoms with Gasteiger partial charge in [0.25, 0.3) is 0 Å². The summed E-state index contributed by atoms with van der Waals surface area (Å²) in [5, 5.41) is 4.05. The third-order valence-electron chi connectivity index (χ3n) is 5.91. The van der Waals surface area contributed by atoms with Gasteiger partial charge >= 0.3 is 6.18 Å². The summed E-state index contributed by atoms with van der Waals surface area (Å²) in [6, 6.07) is 13.1. The predicted molar refractivity (Wildman–Crippen MR) is 123 cm³/mol. The molecule has 0 amide bonds. The summed E-state index contributed by atoms with van der Waals surface area (Å²) in [6.07, 6.45) is -2.64. The Hall–Kier alpha value is -2.87. The van der Waals surface area contributed by atoms with Crippen LogP contribution in [0.4, 0.5) is 13.2 Å². The Balaban J connectivity index is 1.85.